The summed E-state index contributed by atoms with van der Waals surface area (Å²) in [6, 6.07) is 13.1. The third-order valence-electron chi connectivity index (χ3n) is 5.80. The standard InChI is InChI=1S/C23H23N5O2.C4H8O.2H2/c1-14(2)28-13-18(8-9-22(28)29)20-12-25-15(3)23(26-20)21-10-19(27-30-21)17-6-4-16(11-24)5-7-17;1-2-4-5-3-1;;/h4-10,12-14H,11,24H2,1-3H3;1-4H2;2*1H. The quantitative estimate of drug-likeness (QED) is 0.417. The van der Waals surface area contributed by atoms with Gasteiger partial charge >= 0.3 is 0 Å². The molecule has 8 heteroatoms. The third kappa shape index (κ3) is 5.90. The molecular weight excluding hydrogens is 442 g/mol. The summed E-state index contributed by atoms with van der Waals surface area (Å²) in [6.45, 7) is 8.30. The van der Waals surface area contributed by atoms with E-state index >= 15 is 0 Å². The minimum atomic E-state index is -0.0467. The van der Waals surface area contributed by atoms with Crippen molar-refractivity contribution in [3.63, 3.8) is 0 Å². The summed E-state index contributed by atoms with van der Waals surface area (Å²) in [7, 11) is 0. The van der Waals surface area contributed by atoms with Crippen LogP contribution in [0.4, 0.5) is 0 Å². The third-order valence-corrected chi connectivity index (χ3v) is 5.80. The molecule has 8 nitrogen and oxygen atoms in total. The van der Waals surface area contributed by atoms with Gasteiger partial charge in [-0.3, -0.25) is 9.78 Å². The molecule has 1 aliphatic rings. The van der Waals surface area contributed by atoms with Gasteiger partial charge < -0.3 is 19.6 Å². The molecule has 0 unspecified atom stereocenters. The molecule has 0 saturated carbocycles. The lowest BCUT2D eigenvalue weighted by molar-refractivity contribution is 0.198. The van der Waals surface area contributed by atoms with Crippen LogP contribution in [-0.2, 0) is 11.3 Å². The fourth-order valence-corrected chi connectivity index (χ4v) is 3.73. The monoisotopic (exact) mass is 477 g/mol. The smallest absolute Gasteiger partial charge is 0.250 e. The predicted octanol–water partition coefficient (Wildman–Crippen LogP) is 5.26. The minimum Gasteiger partial charge on any atom is -0.381 e. The second-order valence-electron chi connectivity index (χ2n) is 8.74. The SMILES string of the molecule is C1CCOC1.Cc1ncc(-c2ccc(=O)n(C(C)C)c2)nc1-c1cc(-c2ccc(CN)cc2)no1.[HH].[HH]. The number of hydrogen-bond acceptors (Lipinski definition) is 7. The first kappa shape index (κ1) is 24.5. The molecule has 2 N–H and O–H groups in total. The Hall–Kier alpha value is -3.62. The van der Waals surface area contributed by atoms with Crippen LogP contribution in [0.15, 0.2) is 64.2 Å². The van der Waals surface area contributed by atoms with Crippen molar-refractivity contribution >= 4 is 0 Å². The zero-order valence-corrected chi connectivity index (χ0v) is 20.4. The molecule has 186 valence electrons. The van der Waals surface area contributed by atoms with Crippen molar-refractivity contribution in [2.75, 3.05) is 13.2 Å². The molecule has 1 fully saturated rings. The van der Waals surface area contributed by atoms with E-state index in [4.69, 9.17) is 20.0 Å². The van der Waals surface area contributed by atoms with Gasteiger partial charge in [-0.25, -0.2) is 4.98 Å². The first-order valence-corrected chi connectivity index (χ1v) is 11.9. The van der Waals surface area contributed by atoms with Gasteiger partial charge in [0.1, 0.15) is 11.4 Å². The van der Waals surface area contributed by atoms with E-state index in [1.54, 1.807) is 29.1 Å². The number of pyridine rings is 1. The van der Waals surface area contributed by atoms with Crippen molar-refractivity contribution in [1.29, 1.82) is 0 Å². The highest BCUT2D eigenvalue weighted by Gasteiger charge is 2.15. The average molecular weight is 478 g/mol. The Morgan fingerprint density at radius 1 is 1.06 bits per heavy atom. The van der Waals surface area contributed by atoms with Crippen molar-refractivity contribution in [3.05, 3.63) is 76.5 Å². The Morgan fingerprint density at radius 3 is 2.40 bits per heavy atom. The highest BCUT2D eigenvalue weighted by Crippen LogP contribution is 2.28. The summed E-state index contributed by atoms with van der Waals surface area (Å²) in [4.78, 5) is 21.3. The molecule has 0 amide bonds. The Balaban J connectivity index is 0.000000617. The highest BCUT2D eigenvalue weighted by atomic mass is 16.5. The predicted molar refractivity (Wildman–Crippen MR) is 140 cm³/mol. The molecule has 5 rings (SSSR count). The van der Waals surface area contributed by atoms with Crippen LogP contribution in [0.5, 0.6) is 0 Å². The molecule has 1 saturated heterocycles. The van der Waals surface area contributed by atoms with E-state index in [2.05, 4.69) is 10.1 Å². The normalized spacial score (nSPS) is 13.1. The topological polar surface area (TPSA) is 109 Å². The maximum atomic E-state index is 12.1. The van der Waals surface area contributed by atoms with Gasteiger partial charge in [0.25, 0.3) is 5.56 Å². The van der Waals surface area contributed by atoms with E-state index in [1.165, 1.54) is 12.8 Å². The lowest BCUT2D eigenvalue weighted by Crippen LogP contribution is -2.20. The number of aromatic nitrogens is 4. The number of nitrogens with two attached hydrogens (primary N) is 1. The number of nitrogens with zero attached hydrogens (tertiary/aromatic N) is 4. The molecule has 4 aromatic rings. The van der Waals surface area contributed by atoms with Crippen LogP contribution in [0, 0.1) is 6.92 Å². The van der Waals surface area contributed by atoms with Crippen LogP contribution in [0.3, 0.4) is 0 Å². The van der Waals surface area contributed by atoms with Gasteiger partial charge in [-0.2, -0.15) is 0 Å². The molecule has 0 spiro atoms. The van der Waals surface area contributed by atoms with E-state index in [0.717, 1.165) is 35.6 Å². The van der Waals surface area contributed by atoms with Crippen LogP contribution in [0.2, 0.25) is 0 Å². The lowest BCUT2D eigenvalue weighted by atomic mass is 10.1. The number of hydrogen-bond donors (Lipinski definition) is 1. The van der Waals surface area contributed by atoms with Gasteiger partial charge in [-0.1, -0.05) is 29.4 Å². The van der Waals surface area contributed by atoms with Gasteiger partial charge in [0, 0.05) is 58.1 Å². The van der Waals surface area contributed by atoms with Crippen molar-refractivity contribution in [2.45, 2.75) is 46.2 Å². The van der Waals surface area contributed by atoms with Crippen molar-refractivity contribution < 1.29 is 12.1 Å². The highest BCUT2D eigenvalue weighted by molar-refractivity contribution is 5.68. The maximum Gasteiger partial charge on any atom is 0.250 e. The van der Waals surface area contributed by atoms with E-state index in [-0.39, 0.29) is 14.5 Å². The Kier molecular flexibility index (Phi) is 7.84. The number of benzene rings is 1. The molecular formula is C27H35N5O3. The Labute approximate surface area is 207 Å². The lowest BCUT2D eigenvalue weighted by Gasteiger charge is -2.11. The van der Waals surface area contributed by atoms with Gasteiger partial charge in [0.05, 0.1) is 17.6 Å². The van der Waals surface area contributed by atoms with Crippen LogP contribution in [0.1, 0.15) is 46.8 Å². The van der Waals surface area contributed by atoms with E-state index in [9.17, 15) is 4.79 Å². The van der Waals surface area contributed by atoms with Gasteiger partial charge in [0.15, 0.2) is 5.76 Å². The molecule has 1 aliphatic heterocycles. The van der Waals surface area contributed by atoms with E-state index in [0.29, 0.717) is 29.4 Å². The van der Waals surface area contributed by atoms with Crippen LogP contribution in [-0.4, -0.2) is 32.9 Å². The zero-order chi connectivity index (χ0) is 24.8. The van der Waals surface area contributed by atoms with Crippen molar-refractivity contribution in [3.8, 4) is 34.0 Å². The summed E-state index contributed by atoms with van der Waals surface area (Å²) in [5.41, 5.74) is 11.2. The minimum absolute atomic E-state index is 0. The van der Waals surface area contributed by atoms with Gasteiger partial charge in [-0.15, -0.1) is 0 Å². The molecule has 3 aromatic heterocycles. The number of rotatable bonds is 5. The number of aryl methyl sites for hydroxylation is 1. The molecule has 1 aromatic carbocycles. The Morgan fingerprint density at radius 2 is 1.77 bits per heavy atom. The molecule has 0 atom stereocenters. The van der Waals surface area contributed by atoms with E-state index < -0.39 is 0 Å². The Bertz CT molecular complexity index is 1330. The molecule has 0 aliphatic carbocycles. The summed E-state index contributed by atoms with van der Waals surface area (Å²) in [5, 5.41) is 4.19. The zero-order valence-electron chi connectivity index (χ0n) is 20.4. The first-order chi connectivity index (χ1) is 17.0. The van der Waals surface area contributed by atoms with Gasteiger partial charge in [0.2, 0.25) is 0 Å². The molecule has 0 bridgehead atoms. The van der Waals surface area contributed by atoms with Crippen molar-refractivity contribution in [2.24, 2.45) is 5.73 Å². The van der Waals surface area contributed by atoms with E-state index in [1.807, 2.05) is 51.1 Å². The fourth-order valence-electron chi connectivity index (χ4n) is 3.73. The molecule has 35 heavy (non-hydrogen) atoms. The van der Waals surface area contributed by atoms with Crippen LogP contribution < -0.4 is 11.3 Å². The summed E-state index contributed by atoms with van der Waals surface area (Å²) in [6.07, 6.45) is 6.06. The van der Waals surface area contributed by atoms with Crippen molar-refractivity contribution in [1.82, 2.24) is 19.7 Å². The fraction of sp³-hybridized carbons (Fsp3) is 0.333. The second kappa shape index (κ2) is 11.2. The number of ether oxygens (including phenoxy) is 1. The van der Waals surface area contributed by atoms with Gasteiger partial charge in [-0.05, 0) is 45.2 Å². The summed E-state index contributed by atoms with van der Waals surface area (Å²) >= 11 is 0. The molecule has 0 radical (unpaired) electrons. The summed E-state index contributed by atoms with van der Waals surface area (Å²) in [5.74, 6) is 0.539. The largest absolute Gasteiger partial charge is 0.381 e. The van der Waals surface area contributed by atoms with Crippen LogP contribution >= 0.6 is 0 Å². The first-order valence-electron chi connectivity index (χ1n) is 11.9. The average Bonchev–Trinajstić information content (AvgIpc) is 3.60. The maximum absolute atomic E-state index is 12.1. The molecule has 4 heterocycles. The summed E-state index contributed by atoms with van der Waals surface area (Å²) < 4.78 is 12.2. The van der Waals surface area contributed by atoms with Crippen LogP contribution in [0.25, 0.3) is 34.0 Å². The second-order valence-corrected chi connectivity index (χ2v) is 8.74.